The second-order valence-electron chi connectivity index (χ2n) is 5.68. The van der Waals surface area contributed by atoms with Crippen molar-refractivity contribution in [3.63, 3.8) is 0 Å². The number of urea groups is 1. The van der Waals surface area contributed by atoms with Crippen molar-refractivity contribution in [3.8, 4) is 11.5 Å². The second kappa shape index (κ2) is 8.50. The van der Waals surface area contributed by atoms with E-state index in [4.69, 9.17) is 14.2 Å². The van der Waals surface area contributed by atoms with Gasteiger partial charge in [0.2, 0.25) is 0 Å². The first-order valence-corrected chi connectivity index (χ1v) is 8.34. The van der Waals surface area contributed by atoms with Crippen LogP contribution >= 0.6 is 0 Å². The lowest BCUT2D eigenvalue weighted by Gasteiger charge is -2.19. The maximum atomic E-state index is 12.2. The molecule has 25 heavy (non-hydrogen) atoms. The summed E-state index contributed by atoms with van der Waals surface area (Å²) in [5.74, 6) is 1.40. The maximum Gasteiger partial charge on any atom is 0.319 e. The van der Waals surface area contributed by atoms with Crippen LogP contribution in [0.3, 0.4) is 0 Å². The number of benzene rings is 2. The number of rotatable bonds is 6. The fourth-order valence-electron chi connectivity index (χ4n) is 2.65. The number of carbonyl (C=O) groups is 1. The van der Waals surface area contributed by atoms with Gasteiger partial charge in [-0.1, -0.05) is 24.3 Å². The first-order valence-electron chi connectivity index (χ1n) is 8.34. The molecule has 2 N–H and O–H groups in total. The zero-order valence-electron chi connectivity index (χ0n) is 14.1. The SMILES string of the molecule is CCO[C@@H]1COC[C@H]1NC(=O)Nc1cccc(Oc2ccccc2)c1. The van der Waals surface area contributed by atoms with E-state index in [-0.39, 0.29) is 18.2 Å². The Morgan fingerprint density at radius 3 is 2.72 bits per heavy atom. The van der Waals surface area contributed by atoms with Gasteiger partial charge < -0.3 is 24.8 Å². The first kappa shape index (κ1) is 17.3. The Labute approximate surface area is 147 Å². The van der Waals surface area contributed by atoms with Crippen LogP contribution in [0.1, 0.15) is 6.92 Å². The van der Waals surface area contributed by atoms with E-state index in [9.17, 15) is 4.79 Å². The van der Waals surface area contributed by atoms with Gasteiger partial charge in [0.15, 0.2) is 0 Å². The monoisotopic (exact) mass is 342 g/mol. The van der Waals surface area contributed by atoms with Crippen LogP contribution in [0.4, 0.5) is 10.5 Å². The minimum atomic E-state index is -0.294. The van der Waals surface area contributed by atoms with Gasteiger partial charge in [-0.15, -0.1) is 0 Å². The average Bonchev–Trinajstić information content (AvgIpc) is 3.03. The molecule has 1 aliphatic rings. The zero-order valence-corrected chi connectivity index (χ0v) is 14.1. The molecule has 0 aliphatic carbocycles. The summed E-state index contributed by atoms with van der Waals surface area (Å²) in [7, 11) is 0. The first-order chi connectivity index (χ1) is 12.2. The molecule has 0 bridgehead atoms. The molecule has 6 nitrogen and oxygen atoms in total. The lowest BCUT2D eigenvalue weighted by molar-refractivity contribution is 0.0428. The van der Waals surface area contributed by atoms with Gasteiger partial charge in [0.25, 0.3) is 0 Å². The average molecular weight is 342 g/mol. The van der Waals surface area contributed by atoms with E-state index in [1.807, 2.05) is 55.5 Å². The van der Waals surface area contributed by atoms with Crippen molar-refractivity contribution < 1.29 is 19.0 Å². The van der Waals surface area contributed by atoms with Crippen LogP contribution < -0.4 is 15.4 Å². The highest BCUT2D eigenvalue weighted by Gasteiger charge is 2.30. The molecule has 132 valence electrons. The summed E-state index contributed by atoms with van der Waals surface area (Å²) in [6.07, 6.45) is -0.108. The van der Waals surface area contributed by atoms with Crippen molar-refractivity contribution >= 4 is 11.7 Å². The van der Waals surface area contributed by atoms with E-state index in [2.05, 4.69) is 10.6 Å². The summed E-state index contributed by atoms with van der Waals surface area (Å²) in [5.41, 5.74) is 0.651. The Morgan fingerprint density at radius 1 is 1.12 bits per heavy atom. The van der Waals surface area contributed by atoms with Crippen molar-refractivity contribution in [2.45, 2.75) is 19.1 Å². The Bertz CT molecular complexity index is 693. The highest BCUT2D eigenvalue weighted by molar-refractivity contribution is 5.89. The van der Waals surface area contributed by atoms with Crippen molar-refractivity contribution in [1.29, 1.82) is 0 Å². The molecule has 1 aliphatic heterocycles. The van der Waals surface area contributed by atoms with Crippen LogP contribution in [0, 0.1) is 0 Å². The Kier molecular flexibility index (Phi) is 5.87. The summed E-state index contributed by atoms with van der Waals surface area (Å²) < 4.78 is 16.7. The van der Waals surface area contributed by atoms with Crippen molar-refractivity contribution in [2.75, 3.05) is 25.1 Å². The molecule has 1 fully saturated rings. The van der Waals surface area contributed by atoms with Gasteiger partial charge in [-0.2, -0.15) is 0 Å². The molecule has 0 unspecified atom stereocenters. The van der Waals surface area contributed by atoms with E-state index >= 15 is 0 Å². The van der Waals surface area contributed by atoms with Crippen molar-refractivity contribution in [3.05, 3.63) is 54.6 Å². The molecule has 0 saturated carbocycles. The molecule has 6 heteroatoms. The maximum absolute atomic E-state index is 12.2. The largest absolute Gasteiger partial charge is 0.457 e. The molecule has 0 aromatic heterocycles. The lowest BCUT2D eigenvalue weighted by Crippen LogP contribution is -2.45. The Balaban J connectivity index is 1.57. The van der Waals surface area contributed by atoms with Crippen LogP contribution in [0.15, 0.2) is 54.6 Å². The quantitative estimate of drug-likeness (QED) is 0.844. The number of hydrogen-bond acceptors (Lipinski definition) is 4. The third kappa shape index (κ3) is 4.95. The Morgan fingerprint density at radius 2 is 1.92 bits per heavy atom. The van der Waals surface area contributed by atoms with Gasteiger partial charge in [-0.25, -0.2) is 4.79 Å². The van der Waals surface area contributed by atoms with Gasteiger partial charge in [0.1, 0.15) is 17.6 Å². The van der Waals surface area contributed by atoms with Gasteiger partial charge in [-0.05, 0) is 31.2 Å². The van der Waals surface area contributed by atoms with Crippen LogP contribution in [-0.4, -0.2) is 38.0 Å². The number of para-hydroxylation sites is 1. The zero-order chi connectivity index (χ0) is 17.5. The molecule has 1 heterocycles. The fraction of sp³-hybridized carbons (Fsp3) is 0.316. The van der Waals surface area contributed by atoms with E-state index < -0.39 is 0 Å². The molecular weight excluding hydrogens is 320 g/mol. The molecule has 0 radical (unpaired) electrons. The highest BCUT2D eigenvalue weighted by Crippen LogP contribution is 2.23. The van der Waals surface area contributed by atoms with E-state index in [0.717, 1.165) is 5.75 Å². The van der Waals surface area contributed by atoms with Crippen molar-refractivity contribution in [1.82, 2.24) is 5.32 Å². The molecule has 1 saturated heterocycles. The standard InChI is InChI=1S/C19H22N2O4/c1-2-24-18-13-23-12-17(18)21-19(22)20-14-7-6-10-16(11-14)25-15-8-4-3-5-9-15/h3-11,17-18H,2,12-13H2,1H3,(H2,20,21,22)/t17-,18-/m1/s1. The van der Waals surface area contributed by atoms with E-state index in [1.165, 1.54) is 0 Å². The molecular formula is C19H22N2O4. The van der Waals surface area contributed by atoms with Crippen LogP contribution in [-0.2, 0) is 9.47 Å². The minimum Gasteiger partial charge on any atom is -0.457 e. The Hall–Kier alpha value is -2.57. The van der Waals surface area contributed by atoms with Crippen LogP contribution in [0.25, 0.3) is 0 Å². The van der Waals surface area contributed by atoms with E-state index in [1.54, 1.807) is 6.07 Å². The molecule has 2 aromatic carbocycles. The van der Waals surface area contributed by atoms with Crippen molar-refractivity contribution in [2.24, 2.45) is 0 Å². The molecule has 3 rings (SSSR count). The van der Waals surface area contributed by atoms with Crippen LogP contribution in [0.2, 0.25) is 0 Å². The highest BCUT2D eigenvalue weighted by atomic mass is 16.5. The number of hydrogen-bond donors (Lipinski definition) is 2. The number of amides is 2. The molecule has 2 amide bonds. The summed E-state index contributed by atoms with van der Waals surface area (Å²) in [6, 6.07) is 16.3. The minimum absolute atomic E-state index is 0.108. The summed E-state index contributed by atoms with van der Waals surface area (Å²) >= 11 is 0. The number of anilines is 1. The predicted octanol–water partition coefficient (Wildman–Crippen LogP) is 3.40. The third-order valence-electron chi connectivity index (χ3n) is 3.80. The molecule has 2 atom stereocenters. The van der Waals surface area contributed by atoms with E-state index in [0.29, 0.717) is 31.3 Å². The normalized spacial score (nSPS) is 19.4. The third-order valence-corrected chi connectivity index (χ3v) is 3.80. The van der Waals surface area contributed by atoms with Gasteiger partial charge in [-0.3, -0.25) is 0 Å². The number of ether oxygens (including phenoxy) is 3. The summed E-state index contributed by atoms with van der Waals surface area (Å²) in [4.78, 5) is 12.2. The van der Waals surface area contributed by atoms with Gasteiger partial charge in [0.05, 0.1) is 19.3 Å². The fourth-order valence-corrected chi connectivity index (χ4v) is 2.65. The van der Waals surface area contributed by atoms with Crippen LogP contribution in [0.5, 0.6) is 11.5 Å². The molecule has 0 spiro atoms. The summed E-state index contributed by atoms with van der Waals surface area (Å²) in [5, 5.41) is 5.71. The smallest absolute Gasteiger partial charge is 0.319 e. The second-order valence-corrected chi connectivity index (χ2v) is 5.68. The predicted molar refractivity (Wildman–Crippen MR) is 95.1 cm³/mol. The number of nitrogens with one attached hydrogen (secondary N) is 2. The van der Waals surface area contributed by atoms with Gasteiger partial charge in [0, 0.05) is 18.4 Å². The van der Waals surface area contributed by atoms with Gasteiger partial charge >= 0.3 is 6.03 Å². The lowest BCUT2D eigenvalue weighted by atomic mass is 10.2. The summed E-state index contributed by atoms with van der Waals surface area (Å²) in [6.45, 7) is 3.47. The number of carbonyl (C=O) groups excluding carboxylic acids is 1. The molecule has 2 aromatic rings. The topological polar surface area (TPSA) is 68.8 Å².